The molecule has 0 saturated carbocycles. The fraction of sp³-hybridized carbons (Fsp3) is 0.643. The summed E-state index contributed by atoms with van der Waals surface area (Å²) in [5, 5.41) is -0.414. The summed E-state index contributed by atoms with van der Waals surface area (Å²) in [5.74, 6) is -3.07. The lowest BCUT2D eigenvalue weighted by atomic mass is 9.93. The van der Waals surface area contributed by atoms with Crippen molar-refractivity contribution >= 4 is 29.3 Å². The van der Waals surface area contributed by atoms with Crippen molar-refractivity contribution in [3.8, 4) is 0 Å². The maximum Gasteiger partial charge on any atom is 0.325 e. The quantitative estimate of drug-likeness (QED) is 0.426. The number of carbonyl (C=O) groups is 3. The van der Waals surface area contributed by atoms with E-state index in [1.54, 1.807) is 20.8 Å². The van der Waals surface area contributed by atoms with Crippen LogP contribution in [0.25, 0.3) is 0 Å². The molecule has 0 aliphatic heterocycles. The molecule has 1 atom stereocenters. The molecule has 1 aliphatic carbocycles. The number of ether oxygens (including phenoxy) is 2. The SMILES string of the molecule is CCOC(=O)C(C(=O)OCC)C1=C(C(C)Cl)CCC1=O. The van der Waals surface area contributed by atoms with Crippen LogP contribution in [0.2, 0.25) is 0 Å². The maximum absolute atomic E-state index is 12.0. The monoisotopic (exact) mass is 302 g/mol. The van der Waals surface area contributed by atoms with Crippen LogP contribution >= 0.6 is 11.6 Å². The zero-order valence-electron chi connectivity index (χ0n) is 11.9. The van der Waals surface area contributed by atoms with Crippen LogP contribution in [0.15, 0.2) is 11.1 Å². The Kier molecular flexibility index (Phi) is 6.20. The summed E-state index contributed by atoms with van der Waals surface area (Å²) in [6.07, 6.45) is 0.727. The minimum Gasteiger partial charge on any atom is -0.465 e. The van der Waals surface area contributed by atoms with Gasteiger partial charge < -0.3 is 9.47 Å². The molecule has 0 aromatic carbocycles. The van der Waals surface area contributed by atoms with E-state index in [9.17, 15) is 14.4 Å². The molecule has 1 aliphatic rings. The molecule has 1 unspecified atom stereocenters. The van der Waals surface area contributed by atoms with Crippen molar-refractivity contribution in [2.45, 2.75) is 39.0 Å². The summed E-state index contributed by atoms with van der Waals surface area (Å²) in [7, 11) is 0. The zero-order valence-corrected chi connectivity index (χ0v) is 12.7. The highest BCUT2D eigenvalue weighted by Gasteiger charge is 2.41. The zero-order chi connectivity index (χ0) is 15.3. The van der Waals surface area contributed by atoms with Crippen LogP contribution in [0.4, 0.5) is 0 Å². The predicted molar refractivity (Wildman–Crippen MR) is 73.3 cm³/mol. The van der Waals surface area contributed by atoms with Gasteiger partial charge in [0.05, 0.1) is 18.6 Å². The largest absolute Gasteiger partial charge is 0.465 e. The van der Waals surface area contributed by atoms with E-state index in [1.165, 1.54) is 0 Å². The van der Waals surface area contributed by atoms with Crippen molar-refractivity contribution in [3.05, 3.63) is 11.1 Å². The maximum atomic E-state index is 12.0. The van der Waals surface area contributed by atoms with Gasteiger partial charge in [-0.15, -0.1) is 11.6 Å². The van der Waals surface area contributed by atoms with Gasteiger partial charge in [-0.1, -0.05) is 0 Å². The van der Waals surface area contributed by atoms with Crippen molar-refractivity contribution in [1.82, 2.24) is 0 Å². The molecule has 0 aromatic rings. The molecule has 0 amide bonds. The van der Waals surface area contributed by atoms with E-state index in [4.69, 9.17) is 21.1 Å². The van der Waals surface area contributed by atoms with Crippen LogP contribution < -0.4 is 0 Å². The molecule has 5 nitrogen and oxygen atoms in total. The normalized spacial score (nSPS) is 16.6. The van der Waals surface area contributed by atoms with E-state index in [-0.39, 0.29) is 31.0 Å². The second-order valence-electron chi connectivity index (χ2n) is 4.42. The van der Waals surface area contributed by atoms with Crippen molar-refractivity contribution in [1.29, 1.82) is 0 Å². The lowest BCUT2D eigenvalue weighted by molar-refractivity contribution is -0.160. The van der Waals surface area contributed by atoms with Crippen LogP contribution in [-0.4, -0.2) is 36.3 Å². The minimum absolute atomic E-state index is 0.127. The van der Waals surface area contributed by atoms with E-state index in [1.807, 2.05) is 0 Å². The van der Waals surface area contributed by atoms with Crippen molar-refractivity contribution in [3.63, 3.8) is 0 Å². The van der Waals surface area contributed by atoms with Crippen LogP contribution in [0, 0.1) is 5.92 Å². The molecule has 0 radical (unpaired) electrons. The Morgan fingerprint density at radius 3 is 2.05 bits per heavy atom. The van der Waals surface area contributed by atoms with Crippen LogP contribution in [-0.2, 0) is 23.9 Å². The summed E-state index contributed by atoms with van der Waals surface area (Å²) in [6, 6.07) is 0. The van der Waals surface area contributed by atoms with E-state index in [2.05, 4.69) is 0 Å². The number of carbonyl (C=O) groups excluding carboxylic acids is 3. The third kappa shape index (κ3) is 3.60. The van der Waals surface area contributed by atoms with Gasteiger partial charge in [0.15, 0.2) is 11.7 Å². The molecule has 1 rings (SSSR count). The second-order valence-corrected chi connectivity index (χ2v) is 5.07. The number of hydrogen-bond donors (Lipinski definition) is 0. The predicted octanol–water partition coefficient (Wildman–Crippen LogP) is 2.02. The van der Waals surface area contributed by atoms with Crippen LogP contribution in [0.5, 0.6) is 0 Å². The smallest absolute Gasteiger partial charge is 0.325 e. The molecule has 0 saturated heterocycles. The first kappa shape index (κ1) is 16.7. The number of rotatable bonds is 6. The van der Waals surface area contributed by atoms with Gasteiger partial charge in [0.1, 0.15) is 0 Å². The molecule has 0 aromatic heterocycles. The number of hydrogen-bond acceptors (Lipinski definition) is 5. The first-order chi connectivity index (χ1) is 9.43. The Balaban J connectivity index is 3.21. The first-order valence-corrected chi connectivity index (χ1v) is 7.11. The number of Topliss-reactive ketones (excluding diaryl/α,β-unsaturated/α-hetero) is 1. The highest BCUT2D eigenvalue weighted by molar-refractivity contribution is 6.23. The van der Waals surface area contributed by atoms with Gasteiger partial charge in [-0.25, -0.2) is 0 Å². The third-order valence-electron chi connectivity index (χ3n) is 3.08. The highest BCUT2D eigenvalue weighted by Crippen LogP contribution is 2.34. The van der Waals surface area contributed by atoms with Crippen molar-refractivity contribution in [2.24, 2.45) is 5.92 Å². The molecule has 112 valence electrons. The molecular weight excluding hydrogens is 284 g/mol. The van der Waals surface area contributed by atoms with Gasteiger partial charge in [0.2, 0.25) is 0 Å². The molecule has 0 N–H and O–H groups in total. The topological polar surface area (TPSA) is 69.7 Å². The van der Waals surface area contributed by atoms with E-state index in [0.29, 0.717) is 12.0 Å². The van der Waals surface area contributed by atoms with Crippen molar-refractivity contribution in [2.75, 3.05) is 13.2 Å². The summed E-state index contributed by atoms with van der Waals surface area (Å²) in [6.45, 7) is 5.24. The van der Waals surface area contributed by atoms with Gasteiger partial charge in [-0.05, 0) is 32.8 Å². The summed E-state index contributed by atoms with van der Waals surface area (Å²) in [4.78, 5) is 36.0. The van der Waals surface area contributed by atoms with Crippen LogP contribution in [0.1, 0.15) is 33.6 Å². The lowest BCUT2D eigenvalue weighted by Crippen LogP contribution is -2.32. The number of ketones is 1. The third-order valence-corrected chi connectivity index (χ3v) is 3.34. The van der Waals surface area contributed by atoms with Gasteiger partial charge in [-0.2, -0.15) is 0 Å². The van der Waals surface area contributed by atoms with Crippen molar-refractivity contribution < 1.29 is 23.9 Å². The first-order valence-electron chi connectivity index (χ1n) is 6.67. The Hall–Kier alpha value is -1.36. The lowest BCUT2D eigenvalue weighted by Gasteiger charge is -2.17. The summed E-state index contributed by atoms with van der Waals surface area (Å²) in [5.41, 5.74) is 0.784. The van der Waals surface area contributed by atoms with E-state index >= 15 is 0 Å². The Labute approximate surface area is 123 Å². The summed E-state index contributed by atoms with van der Waals surface area (Å²) >= 11 is 6.04. The van der Waals surface area contributed by atoms with Gasteiger partial charge in [0, 0.05) is 12.0 Å². The van der Waals surface area contributed by atoms with Gasteiger partial charge in [-0.3, -0.25) is 14.4 Å². The Morgan fingerprint density at radius 1 is 1.15 bits per heavy atom. The molecule has 0 heterocycles. The van der Waals surface area contributed by atoms with Crippen LogP contribution in [0.3, 0.4) is 0 Å². The average molecular weight is 303 g/mol. The fourth-order valence-corrected chi connectivity index (χ4v) is 2.47. The molecule has 0 spiro atoms. The van der Waals surface area contributed by atoms with E-state index in [0.717, 1.165) is 0 Å². The average Bonchev–Trinajstić information content (AvgIpc) is 2.73. The van der Waals surface area contributed by atoms with Gasteiger partial charge in [0.25, 0.3) is 0 Å². The molecule has 6 heteroatoms. The number of halogens is 1. The number of esters is 2. The van der Waals surface area contributed by atoms with E-state index < -0.39 is 23.2 Å². The van der Waals surface area contributed by atoms with Gasteiger partial charge >= 0.3 is 11.9 Å². The number of allylic oxidation sites excluding steroid dienone is 1. The molecular formula is C14H19ClO5. The highest BCUT2D eigenvalue weighted by atomic mass is 35.5. The molecule has 0 bridgehead atoms. The summed E-state index contributed by atoms with van der Waals surface area (Å²) < 4.78 is 9.78. The second kappa shape index (κ2) is 7.43. The number of alkyl halides is 1. The molecule has 0 fully saturated rings. The Bertz CT molecular complexity index is 421. The molecule has 20 heavy (non-hydrogen) atoms. The Morgan fingerprint density at radius 2 is 1.65 bits per heavy atom. The standard InChI is InChI=1S/C14H19ClO5/c1-4-19-13(17)12(14(18)20-5-2)11-9(8(3)15)6-7-10(11)16/h8,12H,4-7H2,1-3H3. The minimum atomic E-state index is -1.32. The fourth-order valence-electron chi connectivity index (χ4n) is 2.24.